The molecule has 0 aliphatic rings. The molecule has 0 fully saturated rings. The number of nitrogens with one attached hydrogen (secondary N) is 1. The Morgan fingerprint density at radius 2 is 1.97 bits per heavy atom. The van der Waals surface area contributed by atoms with Crippen LogP contribution in [0.25, 0.3) is 22.2 Å². The van der Waals surface area contributed by atoms with Crippen LogP contribution >= 0.6 is 11.6 Å². The van der Waals surface area contributed by atoms with E-state index in [4.69, 9.17) is 26.8 Å². The highest BCUT2D eigenvalue weighted by Gasteiger charge is 2.15. The van der Waals surface area contributed by atoms with Gasteiger partial charge in [-0.15, -0.1) is 0 Å². The van der Waals surface area contributed by atoms with E-state index in [1.807, 2.05) is 57.2 Å². The summed E-state index contributed by atoms with van der Waals surface area (Å²) in [7, 11) is 0. The molecule has 1 amide bonds. The van der Waals surface area contributed by atoms with Gasteiger partial charge in [0.25, 0.3) is 0 Å². The van der Waals surface area contributed by atoms with E-state index in [9.17, 15) is 4.79 Å². The fourth-order valence-electron chi connectivity index (χ4n) is 2.71. The van der Waals surface area contributed by atoms with Crippen molar-refractivity contribution in [3.8, 4) is 17.0 Å². The number of rotatable bonds is 5. The van der Waals surface area contributed by atoms with Gasteiger partial charge < -0.3 is 20.5 Å². The van der Waals surface area contributed by atoms with E-state index in [-0.39, 0.29) is 5.95 Å². The number of nitrogens with two attached hydrogens (primary N) is 1. The zero-order valence-electron chi connectivity index (χ0n) is 16.5. The predicted octanol–water partition coefficient (Wildman–Crippen LogP) is 4.44. The van der Waals surface area contributed by atoms with Crippen molar-refractivity contribution in [1.29, 1.82) is 0 Å². The highest BCUT2D eigenvalue weighted by molar-refractivity contribution is 6.31. The molecule has 3 aromatic rings. The third-order valence-electron chi connectivity index (χ3n) is 3.82. The van der Waals surface area contributed by atoms with Crippen LogP contribution in [0.2, 0.25) is 5.02 Å². The molecular weight excluding hydrogens is 392 g/mol. The van der Waals surface area contributed by atoms with Gasteiger partial charge in [0.2, 0.25) is 5.95 Å². The first-order chi connectivity index (χ1) is 13.7. The van der Waals surface area contributed by atoms with E-state index in [0.29, 0.717) is 35.1 Å². The van der Waals surface area contributed by atoms with Crippen molar-refractivity contribution in [1.82, 2.24) is 15.3 Å². The van der Waals surface area contributed by atoms with Gasteiger partial charge in [-0.3, -0.25) is 0 Å². The van der Waals surface area contributed by atoms with Gasteiger partial charge in [0.05, 0.1) is 17.8 Å². The normalized spacial score (nSPS) is 11.3. The molecule has 0 radical (unpaired) electrons. The number of hydrogen-bond donors (Lipinski definition) is 2. The highest BCUT2D eigenvalue weighted by Crippen LogP contribution is 2.30. The topological polar surface area (TPSA) is 99.4 Å². The molecule has 0 saturated carbocycles. The van der Waals surface area contributed by atoms with Crippen molar-refractivity contribution in [2.45, 2.75) is 26.4 Å². The van der Waals surface area contributed by atoms with E-state index < -0.39 is 11.7 Å². The molecule has 0 aliphatic heterocycles. The first-order valence-electron chi connectivity index (χ1n) is 9.14. The standard InChI is InChI=1S/C21H23ClN4O3/c1-21(2,3)29-20(27)24-9-10-28-15-6-4-5-13(11-15)18-16-12-14(22)7-8-17(16)25-19(23)26-18/h4-8,11-12H,9-10H2,1-3H3,(H,24,27)(H2,23,25,26). The molecule has 0 saturated heterocycles. The zero-order chi connectivity index (χ0) is 21.0. The third kappa shape index (κ3) is 5.71. The molecular formula is C21H23ClN4O3. The van der Waals surface area contributed by atoms with Gasteiger partial charge in [0.15, 0.2) is 0 Å². The van der Waals surface area contributed by atoms with Crippen LogP contribution in [-0.4, -0.2) is 34.8 Å². The molecule has 152 valence electrons. The smallest absolute Gasteiger partial charge is 0.407 e. The summed E-state index contributed by atoms with van der Waals surface area (Å²) in [4.78, 5) is 20.3. The lowest BCUT2D eigenvalue weighted by Gasteiger charge is -2.19. The van der Waals surface area contributed by atoms with E-state index in [1.54, 1.807) is 6.07 Å². The molecule has 0 spiro atoms. The van der Waals surface area contributed by atoms with Gasteiger partial charge in [-0.25, -0.2) is 14.8 Å². The summed E-state index contributed by atoms with van der Waals surface area (Å²) < 4.78 is 10.9. The summed E-state index contributed by atoms with van der Waals surface area (Å²) in [5, 5.41) is 4.05. The van der Waals surface area contributed by atoms with E-state index >= 15 is 0 Å². The van der Waals surface area contributed by atoms with E-state index in [1.165, 1.54) is 0 Å². The van der Waals surface area contributed by atoms with Gasteiger partial charge in [-0.05, 0) is 51.1 Å². The number of carbonyl (C=O) groups is 1. The lowest BCUT2D eigenvalue weighted by Crippen LogP contribution is -2.34. The van der Waals surface area contributed by atoms with Crippen LogP contribution in [0.3, 0.4) is 0 Å². The number of nitrogen functional groups attached to an aromatic ring is 1. The Hall–Kier alpha value is -3.06. The third-order valence-corrected chi connectivity index (χ3v) is 4.06. The van der Waals surface area contributed by atoms with Crippen LogP contribution in [0.15, 0.2) is 42.5 Å². The molecule has 7 nitrogen and oxygen atoms in total. The number of hydrogen-bond acceptors (Lipinski definition) is 6. The zero-order valence-corrected chi connectivity index (χ0v) is 17.3. The molecule has 1 heterocycles. The highest BCUT2D eigenvalue weighted by atomic mass is 35.5. The van der Waals surface area contributed by atoms with Crippen LogP contribution < -0.4 is 15.8 Å². The summed E-state index contributed by atoms with van der Waals surface area (Å²) >= 11 is 6.14. The summed E-state index contributed by atoms with van der Waals surface area (Å²) in [6.07, 6.45) is -0.477. The minimum Gasteiger partial charge on any atom is -0.492 e. The maximum Gasteiger partial charge on any atom is 0.407 e. The summed E-state index contributed by atoms with van der Waals surface area (Å²) in [5.41, 5.74) is 7.54. The Morgan fingerprint density at radius 1 is 1.17 bits per heavy atom. The lowest BCUT2D eigenvalue weighted by atomic mass is 10.1. The molecule has 29 heavy (non-hydrogen) atoms. The number of alkyl carbamates (subject to hydrolysis) is 1. The molecule has 2 aromatic carbocycles. The van der Waals surface area contributed by atoms with Crippen LogP contribution in [-0.2, 0) is 4.74 Å². The molecule has 8 heteroatoms. The fourth-order valence-corrected chi connectivity index (χ4v) is 2.88. The van der Waals surface area contributed by atoms with Crippen LogP contribution in [0.5, 0.6) is 5.75 Å². The lowest BCUT2D eigenvalue weighted by molar-refractivity contribution is 0.0520. The Kier molecular flexibility index (Phi) is 6.08. The van der Waals surface area contributed by atoms with Crippen molar-refractivity contribution >= 4 is 34.5 Å². The number of halogens is 1. The molecule has 3 N–H and O–H groups in total. The minimum absolute atomic E-state index is 0.183. The number of nitrogens with zero attached hydrogens (tertiary/aromatic N) is 2. The number of benzene rings is 2. The second-order valence-electron chi connectivity index (χ2n) is 7.40. The quantitative estimate of drug-likeness (QED) is 0.599. The first-order valence-corrected chi connectivity index (χ1v) is 9.52. The second kappa shape index (κ2) is 8.53. The fraction of sp³-hybridized carbons (Fsp3) is 0.286. The molecule has 0 unspecified atom stereocenters. The predicted molar refractivity (Wildman–Crippen MR) is 114 cm³/mol. The SMILES string of the molecule is CC(C)(C)OC(=O)NCCOc1cccc(-c2nc(N)nc3ccc(Cl)cc23)c1. The number of amides is 1. The van der Waals surface area contributed by atoms with Crippen molar-refractivity contribution in [2.24, 2.45) is 0 Å². The second-order valence-corrected chi connectivity index (χ2v) is 7.83. The van der Waals surface area contributed by atoms with Crippen molar-refractivity contribution < 1.29 is 14.3 Å². The van der Waals surface area contributed by atoms with E-state index in [0.717, 1.165) is 10.9 Å². The maximum atomic E-state index is 11.7. The number of ether oxygens (including phenoxy) is 2. The van der Waals surface area contributed by atoms with Crippen LogP contribution in [0.4, 0.5) is 10.7 Å². The average molecular weight is 415 g/mol. The van der Waals surface area contributed by atoms with Crippen LogP contribution in [0, 0.1) is 0 Å². The average Bonchev–Trinajstić information content (AvgIpc) is 2.64. The van der Waals surface area contributed by atoms with Gasteiger partial charge in [0.1, 0.15) is 18.0 Å². The molecule has 3 rings (SSSR count). The largest absolute Gasteiger partial charge is 0.492 e. The van der Waals surface area contributed by atoms with E-state index in [2.05, 4.69) is 15.3 Å². The van der Waals surface area contributed by atoms with Gasteiger partial charge in [-0.2, -0.15) is 0 Å². The van der Waals surface area contributed by atoms with Gasteiger partial charge in [-0.1, -0.05) is 23.7 Å². The number of carbonyl (C=O) groups excluding carboxylic acids is 1. The first kappa shape index (κ1) is 20.7. The summed E-state index contributed by atoms with van der Waals surface area (Å²) in [6.45, 7) is 6.04. The van der Waals surface area contributed by atoms with Crippen molar-refractivity contribution in [3.63, 3.8) is 0 Å². The molecule has 0 atom stereocenters. The molecule has 1 aromatic heterocycles. The molecule has 0 aliphatic carbocycles. The number of fused-ring (bicyclic) bond motifs is 1. The summed E-state index contributed by atoms with van der Waals surface area (Å²) in [5.74, 6) is 0.823. The Bertz CT molecular complexity index is 1030. The number of aromatic nitrogens is 2. The minimum atomic E-state index is -0.537. The Balaban J connectivity index is 1.71. The summed E-state index contributed by atoms with van der Waals surface area (Å²) in [6, 6.07) is 12.8. The number of anilines is 1. The Morgan fingerprint density at radius 3 is 2.72 bits per heavy atom. The molecule has 0 bridgehead atoms. The Labute approximate surface area is 174 Å². The van der Waals surface area contributed by atoms with Crippen molar-refractivity contribution in [2.75, 3.05) is 18.9 Å². The maximum absolute atomic E-state index is 11.7. The van der Waals surface area contributed by atoms with Gasteiger partial charge >= 0.3 is 6.09 Å². The monoisotopic (exact) mass is 414 g/mol. The van der Waals surface area contributed by atoms with Gasteiger partial charge in [0, 0.05) is 16.0 Å². The van der Waals surface area contributed by atoms with Crippen molar-refractivity contribution in [3.05, 3.63) is 47.5 Å². The van der Waals surface area contributed by atoms with Crippen LogP contribution in [0.1, 0.15) is 20.8 Å².